The zero-order valence-corrected chi connectivity index (χ0v) is 18.6. The Morgan fingerprint density at radius 2 is 2.00 bits per heavy atom. The summed E-state index contributed by atoms with van der Waals surface area (Å²) < 4.78 is 14.8. The molecule has 0 saturated carbocycles. The SMILES string of the molecule is O=C(NCc1cccnc1)C1CCN(c2nc3c(-c4ccccc4F)csc3c(=O)[nH]2)CC1. The van der Waals surface area contributed by atoms with E-state index in [0.29, 0.717) is 59.8 Å². The lowest BCUT2D eigenvalue weighted by Crippen LogP contribution is -2.41. The van der Waals surface area contributed by atoms with Crippen LogP contribution < -0.4 is 15.8 Å². The summed E-state index contributed by atoms with van der Waals surface area (Å²) in [5, 5.41) is 4.75. The average molecular weight is 464 g/mol. The zero-order valence-electron chi connectivity index (χ0n) is 17.8. The second-order valence-electron chi connectivity index (χ2n) is 8.04. The van der Waals surface area contributed by atoms with Crippen LogP contribution in [0.15, 0.2) is 59.0 Å². The number of nitrogens with zero attached hydrogens (tertiary/aromatic N) is 3. The Morgan fingerprint density at radius 3 is 2.76 bits per heavy atom. The van der Waals surface area contributed by atoms with Crippen molar-refractivity contribution in [3.05, 3.63) is 75.9 Å². The quantitative estimate of drug-likeness (QED) is 0.471. The maximum Gasteiger partial charge on any atom is 0.270 e. The van der Waals surface area contributed by atoms with Crippen molar-refractivity contribution >= 4 is 33.4 Å². The number of pyridine rings is 1. The molecule has 0 aliphatic carbocycles. The molecule has 0 unspecified atom stereocenters. The van der Waals surface area contributed by atoms with Crippen LogP contribution in [0.1, 0.15) is 18.4 Å². The number of aromatic nitrogens is 3. The van der Waals surface area contributed by atoms with Crippen LogP contribution in [0.5, 0.6) is 0 Å². The number of carbonyl (C=O) groups excluding carboxylic acids is 1. The van der Waals surface area contributed by atoms with Crippen LogP contribution in [-0.2, 0) is 11.3 Å². The van der Waals surface area contributed by atoms with Gasteiger partial charge in [0, 0.05) is 54.5 Å². The number of nitrogens with one attached hydrogen (secondary N) is 2. The van der Waals surface area contributed by atoms with Crippen molar-refractivity contribution in [2.75, 3.05) is 18.0 Å². The van der Waals surface area contributed by atoms with Crippen molar-refractivity contribution < 1.29 is 9.18 Å². The van der Waals surface area contributed by atoms with E-state index in [1.807, 2.05) is 17.0 Å². The third kappa shape index (κ3) is 4.36. The molecule has 7 nitrogen and oxygen atoms in total. The number of thiophene rings is 1. The molecule has 1 aliphatic heterocycles. The zero-order chi connectivity index (χ0) is 22.8. The molecule has 1 amide bonds. The average Bonchev–Trinajstić information content (AvgIpc) is 3.28. The molecule has 33 heavy (non-hydrogen) atoms. The number of amides is 1. The Balaban J connectivity index is 1.30. The summed E-state index contributed by atoms with van der Waals surface area (Å²) in [5.74, 6) is 0.0372. The lowest BCUT2D eigenvalue weighted by Gasteiger charge is -2.31. The first-order chi connectivity index (χ1) is 16.1. The second-order valence-corrected chi connectivity index (χ2v) is 8.92. The smallest absolute Gasteiger partial charge is 0.270 e. The van der Waals surface area contributed by atoms with Gasteiger partial charge in [-0.2, -0.15) is 0 Å². The van der Waals surface area contributed by atoms with Gasteiger partial charge >= 0.3 is 0 Å². The number of benzene rings is 1. The van der Waals surface area contributed by atoms with Crippen molar-refractivity contribution in [2.45, 2.75) is 19.4 Å². The number of H-pyrrole nitrogens is 1. The number of hydrogen-bond donors (Lipinski definition) is 2. The topological polar surface area (TPSA) is 91.0 Å². The first kappa shape index (κ1) is 21.3. The van der Waals surface area contributed by atoms with E-state index >= 15 is 0 Å². The standard InChI is InChI=1S/C24H22FN5O2S/c25-19-6-2-1-5-17(19)18-14-33-21-20(18)28-24(29-23(21)32)30-10-7-16(8-11-30)22(31)27-13-15-4-3-9-26-12-15/h1-6,9,12,14,16H,7-8,10-11,13H2,(H,27,31)(H,28,29,32). The molecule has 4 heterocycles. The fraction of sp³-hybridized carbons (Fsp3) is 0.250. The maximum absolute atomic E-state index is 14.4. The lowest BCUT2D eigenvalue weighted by atomic mass is 9.96. The van der Waals surface area contributed by atoms with Crippen LogP contribution >= 0.6 is 11.3 Å². The molecule has 168 valence electrons. The van der Waals surface area contributed by atoms with Crippen molar-refractivity contribution in [1.82, 2.24) is 20.3 Å². The van der Waals surface area contributed by atoms with Gasteiger partial charge in [-0.25, -0.2) is 9.37 Å². The number of aromatic amines is 1. The monoisotopic (exact) mass is 463 g/mol. The highest BCUT2D eigenvalue weighted by Gasteiger charge is 2.26. The molecule has 1 aromatic carbocycles. The minimum Gasteiger partial charge on any atom is -0.352 e. The summed E-state index contributed by atoms with van der Waals surface area (Å²) in [5.41, 5.74) is 2.26. The molecule has 0 radical (unpaired) electrons. The number of fused-ring (bicyclic) bond motifs is 1. The molecule has 9 heteroatoms. The van der Waals surface area contributed by atoms with Crippen LogP contribution in [0.2, 0.25) is 0 Å². The highest BCUT2D eigenvalue weighted by Crippen LogP contribution is 2.33. The van der Waals surface area contributed by atoms with E-state index in [1.165, 1.54) is 17.4 Å². The first-order valence-corrected chi connectivity index (χ1v) is 11.7. The van der Waals surface area contributed by atoms with Crippen LogP contribution in [0.4, 0.5) is 10.3 Å². The molecule has 1 aliphatic rings. The largest absolute Gasteiger partial charge is 0.352 e. The number of carbonyl (C=O) groups is 1. The van der Waals surface area contributed by atoms with Crippen molar-refractivity contribution in [3.63, 3.8) is 0 Å². The van der Waals surface area contributed by atoms with E-state index in [1.54, 1.807) is 36.0 Å². The summed E-state index contributed by atoms with van der Waals surface area (Å²) in [6.45, 7) is 1.65. The fourth-order valence-electron chi connectivity index (χ4n) is 4.13. The van der Waals surface area contributed by atoms with Crippen molar-refractivity contribution in [1.29, 1.82) is 0 Å². The molecular formula is C24H22FN5O2S. The number of halogens is 1. The summed E-state index contributed by atoms with van der Waals surface area (Å²) in [6.07, 6.45) is 4.75. The van der Waals surface area contributed by atoms with Gasteiger partial charge in [-0.05, 0) is 30.5 Å². The summed E-state index contributed by atoms with van der Waals surface area (Å²) in [6, 6.07) is 10.3. The van der Waals surface area contributed by atoms with Gasteiger partial charge in [0.25, 0.3) is 5.56 Å². The van der Waals surface area contributed by atoms with Crippen molar-refractivity contribution in [3.8, 4) is 11.1 Å². The molecular weight excluding hydrogens is 441 g/mol. The summed E-state index contributed by atoms with van der Waals surface area (Å²) in [4.78, 5) is 38.9. The third-order valence-corrected chi connectivity index (χ3v) is 6.90. The van der Waals surface area contributed by atoms with Gasteiger partial charge in [0.05, 0.1) is 5.52 Å². The van der Waals surface area contributed by atoms with Crippen molar-refractivity contribution in [2.24, 2.45) is 5.92 Å². The van der Waals surface area contributed by atoms with Gasteiger partial charge in [-0.15, -0.1) is 11.3 Å². The molecule has 3 aromatic heterocycles. The van der Waals surface area contributed by atoms with E-state index in [9.17, 15) is 14.0 Å². The minimum atomic E-state index is -0.348. The number of hydrogen-bond acceptors (Lipinski definition) is 6. The minimum absolute atomic E-state index is 0.0232. The summed E-state index contributed by atoms with van der Waals surface area (Å²) >= 11 is 1.26. The van der Waals surface area contributed by atoms with Gasteiger partial charge < -0.3 is 10.2 Å². The predicted molar refractivity (Wildman–Crippen MR) is 127 cm³/mol. The van der Waals surface area contributed by atoms with Gasteiger partial charge in [0.1, 0.15) is 10.5 Å². The Labute approximate surface area is 193 Å². The van der Waals surface area contributed by atoms with E-state index in [2.05, 4.69) is 20.3 Å². The second kappa shape index (κ2) is 9.11. The molecule has 1 saturated heterocycles. The normalized spacial score (nSPS) is 14.5. The number of rotatable bonds is 5. The van der Waals surface area contributed by atoms with Gasteiger partial charge in [0.2, 0.25) is 11.9 Å². The van der Waals surface area contributed by atoms with E-state index < -0.39 is 0 Å². The van der Waals surface area contributed by atoms with E-state index in [4.69, 9.17) is 0 Å². The van der Waals surface area contributed by atoms with Gasteiger partial charge in [-0.3, -0.25) is 19.6 Å². The molecule has 0 atom stereocenters. The Bertz CT molecular complexity index is 1350. The van der Waals surface area contributed by atoms with Crippen LogP contribution in [0, 0.1) is 11.7 Å². The highest BCUT2D eigenvalue weighted by molar-refractivity contribution is 7.17. The molecule has 0 spiro atoms. The fourth-order valence-corrected chi connectivity index (χ4v) is 5.03. The maximum atomic E-state index is 14.4. The number of piperidine rings is 1. The predicted octanol–water partition coefficient (Wildman–Crippen LogP) is 3.72. The molecule has 1 fully saturated rings. The molecule has 4 aromatic rings. The van der Waals surface area contributed by atoms with Crippen LogP contribution in [0.25, 0.3) is 21.3 Å². The lowest BCUT2D eigenvalue weighted by molar-refractivity contribution is -0.125. The van der Waals surface area contributed by atoms with Gasteiger partial charge in [0.15, 0.2) is 0 Å². The number of anilines is 1. The Kier molecular flexibility index (Phi) is 5.87. The molecule has 2 N–H and O–H groups in total. The first-order valence-electron chi connectivity index (χ1n) is 10.8. The van der Waals surface area contributed by atoms with E-state index in [0.717, 1.165) is 5.56 Å². The molecule has 5 rings (SSSR count). The van der Waals surface area contributed by atoms with Gasteiger partial charge in [-0.1, -0.05) is 24.3 Å². The Morgan fingerprint density at radius 1 is 1.18 bits per heavy atom. The third-order valence-electron chi connectivity index (χ3n) is 5.93. The molecule has 0 bridgehead atoms. The highest BCUT2D eigenvalue weighted by atomic mass is 32.1. The Hall–Kier alpha value is -3.59. The summed E-state index contributed by atoms with van der Waals surface area (Å²) in [7, 11) is 0. The van der Waals surface area contributed by atoms with E-state index in [-0.39, 0.29) is 23.2 Å². The van der Waals surface area contributed by atoms with Crippen LogP contribution in [0.3, 0.4) is 0 Å². The van der Waals surface area contributed by atoms with Crippen LogP contribution in [-0.4, -0.2) is 33.9 Å².